The van der Waals surface area contributed by atoms with Gasteiger partial charge in [-0.05, 0) is 37.8 Å². The molecule has 8 heteroatoms. The second kappa shape index (κ2) is 8.52. The molecule has 2 fully saturated rings. The summed E-state index contributed by atoms with van der Waals surface area (Å²) in [5, 5.41) is 14.5. The van der Waals surface area contributed by atoms with Crippen LogP contribution in [0, 0.1) is 10.1 Å². The molecule has 2 aliphatic rings. The quantitative estimate of drug-likeness (QED) is 0.427. The summed E-state index contributed by atoms with van der Waals surface area (Å²) in [5.74, 6) is -1.16. The van der Waals surface area contributed by atoms with Gasteiger partial charge in [0.25, 0.3) is 11.6 Å². The Balaban J connectivity index is 1.57. The Morgan fingerprint density at radius 2 is 1.80 bits per heavy atom. The summed E-state index contributed by atoms with van der Waals surface area (Å²) in [5.41, 5.74) is 0.960. The molecule has 0 spiro atoms. The van der Waals surface area contributed by atoms with Crippen molar-refractivity contribution in [2.24, 2.45) is 0 Å². The number of benzene rings is 2. The van der Waals surface area contributed by atoms with E-state index in [1.165, 1.54) is 12.1 Å². The second-order valence-electron chi connectivity index (χ2n) is 7.63. The molecule has 1 atom stereocenters. The lowest BCUT2D eigenvalue weighted by Crippen LogP contribution is -2.33. The molecular formula is C22H23N3O5. The zero-order valence-electron chi connectivity index (χ0n) is 16.5. The molecule has 1 saturated heterocycles. The van der Waals surface area contributed by atoms with E-state index in [9.17, 15) is 19.7 Å². The Kier molecular flexibility index (Phi) is 5.65. The van der Waals surface area contributed by atoms with E-state index in [-0.39, 0.29) is 23.2 Å². The number of anilines is 1. The van der Waals surface area contributed by atoms with Gasteiger partial charge in [0.1, 0.15) is 5.69 Å². The first-order valence-corrected chi connectivity index (χ1v) is 10.1. The maximum absolute atomic E-state index is 12.8. The molecule has 1 N–H and O–H groups in total. The third-order valence-corrected chi connectivity index (χ3v) is 5.34. The molecular weight excluding hydrogens is 386 g/mol. The number of carbonyl (C=O) groups excluding carboxylic acids is 2. The minimum Gasteiger partial charge on any atom is -0.444 e. The van der Waals surface area contributed by atoms with Gasteiger partial charge in [0.15, 0.2) is 0 Å². The Hall–Kier alpha value is -3.42. The Bertz CT molecular complexity index is 953. The number of carbonyl (C=O) groups is 2. The number of hydrogen-bond donors (Lipinski definition) is 1. The first-order valence-electron chi connectivity index (χ1n) is 10.1. The number of rotatable bonds is 7. The summed E-state index contributed by atoms with van der Waals surface area (Å²) in [6.45, 7) is 1.50. The fraction of sp³-hybridized carbons (Fsp3) is 0.364. The number of nitrogens with one attached hydrogen (secondary N) is 1. The van der Waals surface area contributed by atoms with Crippen LogP contribution in [0.2, 0.25) is 0 Å². The lowest BCUT2D eigenvalue weighted by molar-refractivity contribution is -0.384. The van der Waals surface area contributed by atoms with Crippen LogP contribution in [0.1, 0.15) is 47.7 Å². The van der Waals surface area contributed by atoms with Crippen LogP contribution in [-0.2, 0) is 9.53 Å². The average molecular weight is 409 g/mol. The van der Waals surface area contributed by atoms with Crippen LogP contribution >= 0.6 is 0 Å². The third kappa shape index (κ3) is 4.42. The van der Waals surface area contributed by atoms with E-state index in [1.54, 1.807) is 30.3 Å². The molecule has 0 aromatic heterocycles. The van der Waals surface area contributed by atoms with E-state index in [0.29, 0.717) is 11.3 Å². The number of ether oxygens (including phenoxy) is 1. The van der Waals surface area contributed by atoms with Crippen molar-refractivity contribution in [2.45, 2.75) is 37.8 Å². The minimum absolute atomic E-state index is 0.0461. The maximum atomic E-state index is 12.8. The summed E-state index contributed by atoms with van der Waals surface area (Å²) < 4.78 is 5.53. The van der Waals surface area contributed by atoms with Gasteiger partial charge < -0.3 is 15.0 Å². The molecule has 1 unspecified atom stereocenters. The predicted molar refractivity (Wildman–Crippen MR) is 110 cm³/mol. The molecule has 8 nitrogen and oxygen atoms in total. The van der Waals surface area contributed by atoms with E-state index in [2.05, 4.69) is 5.32 Å². The van der Waals surface area contributed by atoms with Crippen LogP contribution in [0.5, 0.6) is 0 Å². The molecule has 30 heavy (non-hydrogen) atoms. The normalized spacial score (nSPS) is 16.7. The van der Waals surface area contributed by atoms with Crippen molar-refractivity contribution in [3.05, 3.63) is 69.8 Å². The van der Waals surface area contributed by atoms with E-state index in [0.717, 1.165) is 38.8 Å². The maximum Gasteiger partial charge on any atom is 0.339 e. The first-order chi connectivity index (χ1) is 14.5. The van der Waals surface area contributed by atoms with Crippen molar-refractivity contribution < 1.29 is 19.2 Å². The predicted octanol–water partition coefficient (Wildman–Crippen LogP) is 3.37. The molecule has 156 valence electrons. The molecule has 1 aliphatic carbocycles. The SMILES string of the molecule is O=C(OC(C(=O)NC1CC1)c1ccccc1)c1ccc(N2CCCC2)c([N+](=O)[O-])c1. The highest BCUT2D eigenvalue weighted by Gasteiger charge is 2.32. The van der Waals surface area contributed by atoms with Crippen molar-refractivity contribution in [3.63, 3.8) is 0 Å². The molecule has 1 heterocycles. The van der Waals surface area contributed by atoms with Crippen LogP contribution in [0.15, 0.2) is 48.5 Å². The molecule has 2 aromatic carbocycles. The number of nitrogens with zero attached hydrogens (tertiary/aromatic N) is 2. The molecule has 1 amide bonds. The highest BCUT2D eigenvalue weighted by molar-refractivity contribution is 5.94. The van der Waals surface area contributed by atoms with E-state index >= 15 is 0 Å². The van der Waals surface area contributed by atoms with E-state index in [4.69, 9.17) is 4.74 Å². The summed E-state index contributed by atoms with van der Waals surface area (Å²) in [6, 6.07) is 13.2. The van der Waals surface area contributed by atoms with Crippen molar-refractivity contribution in [3.8, 4) is 0 Å². The molecule has 1 aliphatic heterocycles. The smallest absolute Gasteiger partial charge is 0.339 e. The van der Waals surface area contributed by atoms with Crippen molar-refractivity contribution in [1.82, 2.24) is 5.32 Å². The zero-order chi connectivity index (χ0) is 21.1. The van der Waals surface area contributed by atoms with E-state index < -0.39 is 17.0 Å². The Morgan fingerprint density at radius 1 is 1.10 bits per heavy atom. The van der Waals surface area contributed by atoms with Crippen molar-refractivity contribution in [1.29, 1.82) is 0 Å². The van der Waals surface area contributed by atoms with Gasteiger partial charge >= 0.3 is 5.97 Å². The van der Waals surface area contributed by atoms with Gasteiger partial charge in [-0.15, -0.1) is 0 Å². The Labute approximate surface area is 174 Å². The fourth-order valence-electron chi connectivity index (χ4n) is 3.60. The van der Waals surface area contributed by atoms with Gasteiger partial charge in [0.2, 0.25) is 6.10 Å². The zero-order valence-corrected chi connectivity index (χ0v) is 16.5. The summed E-state index contributed by atoms with van der Waals surface area (Å²) in [7, 11) is 0. The fourth-order valence-corrected chi connectivity index (χ4v) is 3.60. The summed E-state index contributed by atoms with van der Waals surface area (Å²) in [4.78, 5) is 38.5. The van der Waals surface area contributed by atoms with Crippen LogP contribution in [0.4, 0.5) is 11.4 Å². The van der Waals surface area contributed by atoms with Gasteiger partial charge in [-0.3, -0.25) is 14.9 Å². The average Bonchev–Trinajstić information content (AvgIpc) is 3.40. The second-order valence-corrected chi connectivity index (χ2v) is 7.63. The monoisotopic (exact) mass is 409 g/mol. The number of amides is 1. The summed E-state index contributed by atoms with van der Waals surface area (Å²) >= 11 is 0. The Morgan fingerprint density at radius 3 is 2.43 bits per heavy atom. The summed E-state index contributed by atoms with van der Waals surface area (Å²) in [6.07, 6.45) is 2.67. The number of nitro benzene ring substituents is 1. The van der Waals surface area contributed by atoms with Crippen LogP contribution in [0.25, 0.3) is 0 Å². The minimum atomic E-state index is -1.11. The van der Waals surface area contributed by atoms with Gasteiger partial charge in [-0.1, -0.05) is 30.3 Å². The molecule has 1 saturated carbocycles. The van der Waals surface area contributed by atoms with Gasteiger partial charge in [-0.25, -0.2) is 4.79 Å². The highest BCUT2D eigenvalue weighted by atomic mass is 16.6. The van der Waals surface area contributed by atoms with E-state index in [1.807, 2.05) is 11.0 Å². The highest BCUT2D eigenvalue weighted by Crippen LogP contribution is 2.32. The number of esters is 1. The first kappa shape index (κ1) is 19.9. The largest absolute Gasteiger partial charge is 0.444 e. The lowest BCUT2D eigenvalue weighted by atomic mass is 10.1. The standard InChI is InChI=1S/C22H23N3O5/c26-21(23-17-9-10-17)20(15-6-2-1-3-7-15)30-22(27)16-8-11-18(19(14-16)25(28)29)24-12-4-5-13-24/h1-3,6-8,11,14,17,20H,4-5,9-10,12-13H2,(H,23,26). The van der Waals surface area contributed by atoms with Gasteiger partial charge in [0.05, 0.1) is 10.5 Å². The topological polar surface area (TPSA) is 102 Å². The number of nitro groups is 1. The number of hydrogen-bond acceptors (Lipinski definition) is 6. The van der Waals surface area contributed by atoms with Crippen LogP contribution in [0.3, 0.4) is 0 Å². The lowest BCUT2D eigenvalue weighted by Gasteiger charge is -2.19. The molecule has 0 radical (unpaired) electrons. The van der Waals surface area contributed by atoms with Gasteiger partial charge in [0, 0.05) is 30.8 Å². The molecule has 2 aromatic rings. The van der Waals surface area contributed by atoms with Crippen molar-refractivity contribution in [2.75, 3.05) is 18.0 Å². The molecule has 4 rings (SSSR count). The van der Waals surface area contributed by atoms with Crippen LogP contribution < -0.4 is 10.2 Å². The van der Waals surface area contributed by atoms with Gasteiger partial charge in [-0.2, -0.15) is 0 Å². The van der Waals surface area contributed by atoms with Crippen LogP contribution in [-0.4, -0.2) is 35.9 Å². The van der Waals surface area contributed by atoms with Crippen molar-refractivity contribution >= 4 is 23.3 Å². The third-order valence-electron chi connectivity index (χ3n) is 5.34. The molecule has 0 bridgehead atoms.